The average Bonchev–Trinajstić information content (AvgIpc) is 3.39. The molecule has 2 saturated heterocycles. The second kappa shape index (κ2) is 6.32. The molecule has 2 aliphatic rings. The number of fused-ring (bicyclic) bond motifs is 3. The van der Waals surface area contributed by atoms with E-state index in [2.05, 4.69) is 44.3 Å². The Morgan fingerprint density at radius 1 is 1.04 bits per heavy atom. The van der Waals surface area contributed by atoms with Gasteiger partial charge >= 0.3 is 0 Å². The molecule has 132 valence electrons. The maximum Gasteiger partial charge on any atom is 0.152 e. The summed E-state index contributed by atoms with van der Waals surface area (Å²) >= 11 is 0. The van der Waals surface area contributed by atoms with Crippen molar-refractivity contribution in [3.8, 4) is 11.1 Å². The minimum atomic E-state index is 0.279. The number of aromatic amines is 1. The third-order valence-corrected chi connectivity index (χ3v) is 5.95. The van der Waals surface area contributed by atoms with Crippen molar-refractivity contribution in [2.45, 2.75) is 44.2 Å². The standard InChI is InChI=1S/C21H22N4O/c26-21(13-25-19-3-4-20(25)6-5-19)9-18-8-16-7-14(17-11-23-24-12-17)1-2-15(16)10-22-18/h1-2,7-8,10-12,19-20H,3-6,9,13H2,(H,23,24). The van der Waals surface area contributed by atoms with E-state index >= 15 is 0 Å². The number of hydrogen-bond acceptors (Lipinski definition) is 4. The fourth-order valence-electron chi connectivity index (χ4n) is 4.61. The molecule has 0 radical (unpaired) electrons. The van der Waals surface area contributed by atoms with Crippen molar-refractivity contribution in [1.29, 1.82) is 0 Å². The molecule has 0 saturated carbocycles. The molecule has 0 atom stereocenters. The van der Waals surface area contributed by atoms with E-state index in [4.69, 9.17) is 0 Å². The summed E-state index contributed by atoms with van der Waals surface area (Å²) in [6.45, 7) is 0.587. The van der Waals surface area contributed by atoms with E-state index in [0.717, 1.165) is 27.6 Å². The van der Waals surface area contributed by atoms with Crippen molar-refractivity contribution in [3.63, 3.8) is 0 Å². The minimum absolute atomic E-state index is 0.279. The lowest BCUT2D eigenvalue weighted by atomic mass is 10.0. The van der Waals surface area contributed by atoms with Gasteiger partial charge in [-0.05, 0) is 48.8 Å². The molecule has 5 rings (SSSR count). The summed E-state index contributed by atoms with van der Waals surface area (Å²) in [5.74, 6) is 0.279. The molecule has 1 N–H and O–H groups in total. The molecule has 2 aromatic heterocycles. The predicted molar refractivity (Wildman–Crippen MR) is 101 cm³/mol. The first-order valence-corrected chi connectivity index (χ1v) is 9.41. The number of benzene rings is 1. The van der Waals surface area contributed by atoms with Gasteiger partial charge in [0.2, 0.25) is 0 Å². The van der Waals surface area contributed by atoms with Crippen LogP contribution < -0.4 is 0 Å². The van der Waals surface area contributed by atoms with Crippen LogP contribution in [-0.2, 0) is 11.2 Å². The Bertz CT molecular complexity index is 930. The van der Waals surface area contributed by atoms with E-state index < -0.39 is 0 Å². The van der Waals surface area contributed by atoms with Gasteiger partial charge in [-0.3, -0.25) is 19.8 Å². The van der Waals surface area contributed by atoms with E-state index in [1.807, 2.05) is 18.6 Å². The molecule has 26 heavy (non-hydrogen) atoms. The van der Waals surface area contributed by atoms with Crippen LogP contribution in [0.15, 0.2) is 42.9 Å². The van der Waals surface area contributed by atoms with Gasteiger partial charge in [-0.25, -0.2) is 0 Å². The summed E-state index contributed by atoms with van der Waals surface area (Å²) in [6.07, 6.45) is 11.1. The number of hydrogen-bond donors (Lipinski definition) is 1. The van der Waals surface area contributed by atoms with Crippen LogP contribution in [0.4, 0.5) is 0 Å². The Morgan fingerprint density at radius 3 is 2.58 bits per heavy atom. The molecular weight excluding hydrogens is 324 g/mol. The largest absolute Gasteiger partial charge is 0.298 e. The first-order chi connectivity index (χ1) is 12.8. The van der Waals surface area contributed by atoms with Crippen molar-refractivity contribution < 1.29 is 4.79 Å². The van der Waals surface area contributed by atoms with E-state index in [-0.39, 0.29) is 5.78 Å². The van der Waals surface area contributed by atoms with Crippen molar-refractivity contribution >= 4 is 16.6 Å². The molecule has 0 amide bonds. The fraction of sp³-hybridized carbons (Fsp3) is 0.381. The van der Waals surface area contributed by atoms with E-state index in [0.29, 0.717) is 25.0 Å². The molecule has 0 spiro atoms. The van der Waals surface area contributed by atoms with Crippen molar-refractivity contribution in [2.24, 2.45) is 0 Å². The number of rotatable bonds is 5. The van der Waals surface area contributed by atoms with Crippen LogP contribution in [0.2, 0.25) is 0 Å². The predicted octanol–water partition coefficient (Wildman–Crippen LogP) is 3.36. The summed E-state index contributed by atoms with van der Waals surface area (Å²) < 4.78 is 0. The SMILES string of the molecule is O=C(Cc1cc2cc(-c3cn[nH]c3)ccc2cn1)CN1C2CCC1CC2. The number of carbonyl (C=O) groups is 1. The van der Waals surface area contributed by atoms with Crippen LogP contribution in [0.5, 0.6) is 0 Å². The van der Waals surface area contributed by atoms with Gasteiger partial charge in [-0.1, -0.05) is 12.1 Å². The normalized spacial score (nSPS) is 22.3. The second-order valence-corrected chi connectivity index (χ2v) is 7.57. The fourth-order valence-corrected chi connectivity index (χ4v) is 4.61. The summed E-state index contributed by atoms with van der Waals surface area (Å²) in [6, 6.07) is 9.62. The first-order valence-electron chi connectivity index (χ1n) is 9.41. The molecule has 4 heterocycles. The summed E-state index contributed by atoms with van der Waals surface area (Å²) in [5.41, 5.74) is 3.03. The van der Waals surface area contributed by atoms with Crippen molar-refractivity contribution in [3.05, 3.63) is 48.5 Å². The minimum Gasteiger partial charge on any atom is -0.298 e. The van der Waals surface area contributed by atoms with Gasteiger partial charge in [-0.15, -0.1) is 0 Å². The van der Waals surface area contributed by atoms with Crippen molar-refractivity contribution in [2.75, 3.05) is 6.54 Å². The maximum absolute atomic E-state index is 12.6. The zero-order chi connectivity index (χ0) is 17.5. The van der Waals surface area contributed by atoms with Crippen molar-refractivity contribution in [1.82, 2.24) is 20.1 Å². The monoisotopic (exact) mass is 346 g/mol. The molecule has 5 nitrogen and oxygen atoms in total. The number of nitrogens with zero attached hydrogens (tertiary/aromatic N) is 3. The molecule has 0 unspecified atom stereocenters. The molecule has 2 bridgehead atoms. The summed E-state index contributed by atoms with van der Waals surface area (Å²) in [7, 11) is 0. The highest BCUT2D eigenvalue weighted by atomic mass is 16.1. The zero-order valence-electron chi connectivity index (χ0n) is 14.7. The molecule has 3 aromatic rings. The van der Waals surface area contributed by atoms with Crippen LogP contribution >= 0.6 is 0 Å². The summed E-state index contributed by atoms with van der Waals surface area (Å²) in [4.78, 5) is 19.5. The smallest absolute Gasteiger partial charge is 0.152 e. The van der Waals surface area contributed by atoms with Gasteiger partial charge in [0.05, 0.1) is 19.2 Å². The van der Waals surface area contributed by atoms with E-state index in [9.17, 15) is 4.79 Å². The number of H-pyrrole nitrogens is 1. The zero-order valence-corrected chi connectivity index (χ0v) is 14.7. The van der Waals surface area contributed by atoms with E-state index in [1.165, 1.54) is 25.7 Å². The highest BCUT2D eigenvalue weighted by Gasteiger charge is 2.39. The number of pyridine rings is 1. The molecule has 2 fully saturated rings. The van der Waals surface area contributed by atoms with Gasteiger partial charge in [0.25, 0.3) is 0 Å². The molecule has 1 aromatic carbocycles. The van der Waals surface area contributed by atoms with Gasteiger partial charge < -0.3 is 0 Å². The van der Waals surface area contributed by atoms with Gasteiger partial charge in [0.1, 0.15) is 0 Å². The van der Waals surface area contributed by atoms with E-state index in [1.54, 1.807) is 0 Å². The Kier molecular flexibility index (Phi) is 3.82. The Hall–Kier alpha value is -2.53. The second-order valence-electron chi connectivity index (χ2n) is 7.57. The summed E-state index contributed by atoms with van der Waals surface area (Å²) in [5, 5.41) is 9.07. The molecule has 0 aliphatic carbocycles. The Morgan fingerprint density at radius 2 is 1.85 bits per heavy atom. The maximum atomic E-state index is 12.6. The lowest BCUT2D eigenvalue weighted by molar-refractivity contribution is -0.119. The quantitative estimate of drug-likeness (QED) is 0.769. The third-order valence-electron chi connectivity index (χ3n) is 5.95. The molecular formula is C21H22N4O. The lowest BCUT2D eigenvalue weighted by Gasteiger charge is -2.20. The Labute approximate surface area is 152 Å². The van der Waals surface area contributed by atoms with Crippen LogP contribution in [0, 0.1) is 0 Å². The van der Waals surface area contributed by atoms with Crippen LogP contribution in [0.1, 0.15) is 31.4 Å². The lowest BCUT2D eigenvalue weighted by Crippen LogP contribution is -2.34. The highest BCUT2D eigenvalue weighted by Crippen LogP contribution is 2.37. The number of Topliss-reactive ketones (excluding diaryl/α,β-unsaturated/α-hetero) is 1. The number of nitrogens with one attached hydrogen (secondary N) is 1. The first kappa shape index (κ1) is 15.7. The molecule has 2 aliphatic heterocycles. The molecule has 5 heteroatoms. The van der Waals surface area contributed by atoms with Crippen LogP contribution in [-0.4, -0.2) is 44.5 Å². The van der Waals surface area contributed by atoms with Crippen LogP contribution in [0.25, 0.3) is 21.9 Å². The van der Waals surface area contributed by atoms with Gasteiger partial charge in [-0.2, -0.15) is 5.10 Å². The van der Waals surface area contributed by atoms with Gasteiger partial charge in [0.15, 0.2) is 5.78 Å². The Balaban J connectivity index is 1.34. The average molecular weight is 346 g/mol. The third kappa shape index (κ3) is 2.82. The number of aromatic nitrogens is 3. The van der Waals surface area contributed by atoms with Crippen LogP contribution in [0.3, 0.4) is 0 Å². The highest BCUT2D eigenvalue weighted by molar-refractivity contribution is 5.88. The topological polar surface area (TPSA) is 61.9 Å². The number of ketones is 1. The number of carbonyl (C=O) groups excluding carboxylic acids is 1. The van der Waals surface area contributed by atoms with Gasteiger partial charge in [0, 0.05) is 41.1 Å².